The molecule has 168 valence electrons. The zero-order chi connectivity index (χ0) is 22.1. The predicted molar refractivity (Wildman–Crippen MR) is 112 cm³/mol. The summed E-state index contributed by atoms with van der Waals surface area (Å²) in [4.78, 5) is 12.5. The average Bonchev–Trinajstić information content (AvgIpc) is 3.03. The SMILES string of the molecule is CCOC(=O)[C@H]1CCC2CCC1N2S(=O)(=O)c1ccc(S(=O)(=O)N(CC)CC)cc1. The quantitative estimate of drug-likeness (QED) is 0.554. The first-order chi connectivity index (χ1) is 14.2. The summed E-state index contributed by atoms with van der Waals surface area (Å²) < 4.78 is 60.1. The van der Waals surface area contributed by atoms with E-state index >= 15 is 0 Å². The Morgan fingerprint density at radius 2 is 1.53 bits per heavy atom. The minimum Gasteiger partial charge on any atom is -0.466 e. The van der Waals surface area contributed by atoms with Crippen LogP contribution in [0.2, 0.25) is 0 Å². The molecule has 10 heteroatoms. The average molecular weight is 459 g/mol. The van der Waals surface area contributed by atoms with Crippen molar-refractivity contribution >= 4 is 26.0 Å². The van der Waals surface area contributed by atoms with Gasteiger partial charge >= 0.3 is 5.97 Å². The Kier molecular flexibility index (Phi) is 6.91. The van der Waals surface area contributed by atoms with Crippen LogP contribution in [0.4, 0.5) is 0 Å². The Bertz CT molecular complexity index is 971. The number of carbonyl (C=O) groups excluding carboxylic acids is 1. The maximum atomic E-state index is 13.4. The van der Waals surface area contributed by atoms with E-state index in [4.69, 9.17) is 4.74 Å². The van der Waals surface area contributed by atoms with Gasteiger partial charge in [0.15, 0.2) is 0 Å². The zero-order valence-electron chi connectivity index (χ0n) is 17.7. The van der Waals surface area contributed by atoms with E-state index in [1.807, 2.05) is 0 Å². The van der Waals surface area contributed by atoms with Crippen LogP contribution in [-0.4, -0.2) is 63.2 Å². The number of carbonyl (C=O) groups is 1. The molecule has 3 rings (SSSR count). The molecule has 8 nitrogen and oxygen atoms in total. The van der Waals surface area contributed by atoms with E-state index in [9.17, 15) is 21.6 Å². The lowest BCUT2D eigenvalue weighted by atomic mass is 9.92. The van der Waals surface area contributed by atoms with Crippen LogP contribution < -0.4 is 0 Å². The first-order valence-electron chi connectivity index (χ1n) is 10.5. The molecular weight excluding hydrogens is 428 g/mol. The number of hydrogen-bond acceptors (Lipinski definition) is 6. The van der Waals surface area contributed by atoms with Gasteiger partial charge in [-0.25, -0.2) is 16.8 Å². The van der Waals surface area contributed by atoms with Crippen LogP contribution >= 0.6 is 0 Å². The normalized spacial score (nSPS) is 24.9. The summed E-state index contributed by atoms with van der Waals surface area (Å²) in [5.41, 5.74) is 0. The van der Waals surface area contributed by atoms with Gasteiger partial charge < -0.3 is 4.74 Å². The van der Waals surface area contributed by atoms with Crippen LogP contribution in [0, 0.1) is 5.92 Å². The van der Waals surface area contributed by atoms with E-state index in [1.54, 1.807) is 20.8 Å². The maximum Gasteiger partial charge on any atom is 0.310 e. The zero-order valence-corrected chi connectivity index (χ0v) is 19.3. The minimum absolute atomic E-state index is 0.0439. The molecule has 2 saturated heterocycles. The van der Waals surface area contributed by atoms with Gasteiger partial charge in [-0.3, -0.25) is 4.79 Å². The Balaban J connectivity index is 1.89. The van der Waals surface area contributed by atoms with Gasteiger partial charge in [-0.05, 0) is 56.9 Å². The lowest BCUT2D eigenvalue weighted by molar-refractivity contribution is -0.150. The highest BCUT2D eigenvalue weighted by molar-refractivity contribution is 7.89. The van der Waals surface area contributed by atoms with Crippen LogP contribution in [0.5, 0.6) is 0 Å². The standard InChI is InChI=1S/C20H30N2O6S2/c1-4-21(5-2)29(24,25)16-9-11-17(12-10-16)30(26,27)22-15-7-13-18(19(22)14-8-15)20(23)28-6-3/h9-12,15,18-19H,4-8,13-14H2,1-3H3/t15?,18-,19?/m0/s1. The number of sulfonamides is 2. The highest BCUT2D eigenvalue weighted by atomic mass is 32.2. The fourth-order valence-corrected chi connectivity index (χ4v) is 8.01. The van der Waals surface area contributed by atoms with Gasteiger partial charge in [-0.1, -0.05) is 13.8 Å². The van der Waals surface area contributed by atoms with Crippen molar-refractivity contribution in [3.05, 3.63) is 24.3 Å². The first kappa shape index (κ1) is 23.2. The largest absolute Gasteiger partial charge is 0.466 e. The molecule has 2 heterocycles. The molecule has 0 spiro atoms. The Hall–Kier alpha value is -1.49. The number of rotatable bonds is 8. The molecule has 0 N–H and O–H groups in total. The molecule has 1 aromatic rings. The summed E-state index contributed by atoms with van der Waals surface area (Å²) in [6.45, 7) is 6.19. The number of ether oxygens (including phenoxy) is 1. The second-order valence-electron chi connectivity index (χ2n) is 7.63. The van der Waals surface area contributed by atoms with Crippen molar-refractivity contribution in [2.45, 2.75) is 68.3 Å². The molecule has 2 aliphatic rings. The highest BCUT2D eigenvalue weighted by Crippen LogP contribution is 2.43. The number of nitrogens with zero attached hydrogens (tertiary/aromatic N) is 2. The molecule has 0 saturated carbocycles. The van der Waals surface area contributed by atoms with E-state index in [2.05, 4.69) is 0 Å². The topological polar surface area (TPSA) is 101 Å². The summed E-state index contributed by atoms with van der Waals surface area (Å²) in [5, 5.41) is 0. The van der Waals surface area contributed by atoms with Crippen LogP contribution in [0.15, 0.2) is 34.1 Å². The van der Waals surface area contributed by atoms with Gasteiger partial charge in [0.25, 0.3) is 0 Å². The predicted octanol–water partition coefficient (Wildman–Crippen LogP) is 2.21. The monoisotopic (exact) mass is 458 g/mol. The van der Waals surface area contributed by atoms with E-state index in [0.29, 0.717) is 38.8 Å². The van der Waals surface area contributed by atoms with Gasteiger partial charge in [0.2, 0.25) is 20.0 Å². The summed E-state index contributed by atoms with van der Waals surface area (Å²) in [5.74, 6) is -0.801. The molecule has 0 amide bonds. The number of fused-ring (bicyclic) bond motifs is 2. The number of esters is 1. The van der Waals surface area contributed by atoms with Crippen molar-refractivity contribution in [2.75, 3.05) is 19.7 Å². The van der Waals surface area contributed by atoms with Gasteiger partial charge in [-0.15, -0.1) is 0 Å². The highest BCUT2D eigenvalue weighted by Gasteiger charge is 2.51. The molecule has 3 atom stereocenters. The van der Waals surface area contributed by atoms with Crippen molar-refractivity contribution < 1.29 is 26.4 Å². The fraction of sp³-hybridized carbons (Fsp3) is 0.650. The molecule has 2 fully saturated rings. The Morgan fingerprint density at radius 3 is 2.10 bits per heavy atom. The molecule has 30 heavy (non-hydrogen) atoms. The van der Waals surface area contributed by atoms with Crippen molar-refractivity contribution in [1.29, 1.82) is 0 Å². The number of hydrogen-bond donors (Lipinski definition) is 0. The van der Waals surface area contributed by atoms with Gasteiger partial charge in [0.1, 0.15) is 0 Å². The van der Waals surface area contributed by atoms with Crippen molar-refractivity contribution in [3.63, 3.8) is 0 Å². The molecule has 2 bridgehead atoms. The lowest BCUT2D eigenvalue weighted by Crippen LogP contribution is -2.50. The van der Waals surface area contributed by atoms with E-state index in [0.717, 1.165) is 0 Å². The Morgan fingerprint density at radius 1 is 0.967 bits per heavy atom. The van der Waals surface area contributed by atoms with Gasteiger partial charge in [0.05, 0.1) is 22.3 Å². The third-order valence-electron chi connectivity index (χ3n) is 6.09. The minimum atomic E-state index is -3.86. The Labute approximate surface area is 179 Å². The molecule has 2 unspecified atom stereocenters. The van der Waals surface area contributed by atoms with Gasteiger partial charge in [-0.2, -0.15) is 8.61 Å². The maximum absolute atomic E-state index is 13.4. The number of benzene rings is 1. The summed E-state index contributed by atoms with van der Waals surface area (Å²) in [6, 6.07) is 4.83. The van der Waals surface area contributed by atoms with Crippen molar-refractivity contribution in [3.8, 4) is 0 Å². The third-order valence-corrected chi connectivity index (χ3v) is 10.1. The van der Waals surface area contributed by atoms with E-state index in [1.165, 1.54) is 32.9 Å². The van der Waals surface area contributed by atoms with Crippen LogP contribution in [0.25, 0.3) is 0 Å². The first-order valence-corrected chi connectivity index (χ1v) is 13.4. The molecular formula is C20H30N2O6S2. The van der Waals surface area contributed by atoms with Crippen LogP contribution in [-0.2, 0) is 29.6 Å². The third kappa shape index (κ3) is 4.02. The van der Waals surface area contributed by atoms with E-state index < -0.39 is 32.0 Å². The second kappa shape index (κ2) is 8.94. The summed E-state index contributed by atoms with van der Waals surface area (Å²) in [7, 11) is -7.52. The fourth-order valence-electron chi connectivity index (χ4n) is 4.62. The van der Waals surface area contributed by atoms with Gasteiger partial charge in [0, 0.05) is 25.2 Å². The number of piperidine rings is 1. The molecule has 2 aliphatic heterocycles. The molecule has 0 aliphatic carbocycles. The second-order valence-corrected chi connectivity index (χ2v) is 11.4. The van der Waals surface area contributed by atoms with Crippen LogP contribution in [0.1, 0.15) is 46.5 Å². The van der Waals surface area contributed by atoms with Crippen LogP contribution in [0.3, 0.4) is 0 Å². The van der Waals surface area contributed by atoms with Crippen molar-refractivity contribution in [1.82, 2.24) is 8.61 Å². The lowest BCUT2D eigenvalue weighted by Gasteiger charge is -2.37. The molecule has 1 aromatic carbocycles. The smallest absolute Gasteiger partial charge is 0.310 e. The molecule has 0 aromatic heterocycles. The summed E-state index contributed by atoms with van der Waals surface area (Å²) in [6.07, 6.45) is 2.59. The molecule has 0 radical (unpaired) electrons. The summed E-state index contributed by atoms with van der Waals surface area (Å²) >= 11 is 0. The van der Waals surface area contributed by atoms with Crippen molar-refractivity contribution in [2.24, 2.45) is 5.92 Å². The van der Waals surface area contributed by atoms with E-state index in [-0.39, 0.29) is 28.4 Å².